The van der Waals surface area contributed by atoms with Gasteiger partial charge in [0.1, 0.15) is 0 Å². The molecule has 1 saturated heterocycles. The highest BCUT2D eigenvalue weighted by molar-refractivity contribution is 8.19. The molecule has 0 bridgehead atoms. The van der Waals surface area contributed by atoms with Gasteiger partial charge in [-0.1, -0.05) is 49.4 Å². The maximum atomic E-state index is 12.7. The molecule has 7 heteroatoms. The average molecular weight is 401 g/mol. The van der Waals surface area contributed by atoms with E-state index in [4.69, 9.17) is 0 Å². The van der Waals surface area contributed by atoms with Crippen LogP contribution in [-0.4, -0.2) is 30.9 Å². The minimum atomic E-state index is -3.89. The van der Waals surface area contributed by atoms with E-state index in [1.54, 1.807) is 37.3 Å². The van der Waals surface area contributed by atoms with Crippen LogP contribution in [0, 0.1) is 0 Å². The molecule has 1 fully saturated rings. The zero-order valence-electron chi connectivity index (χ0n) is 15.1. The third kappa shape index (κ3) is 4.31. The van der Waals surface area contributed by atoms with Crippen molar-refractivity contribution in [3.8, 4) is 0 Å². The highest BCUT2D eigenvalue weighted by Crippen LogP contribution is 2.33. The lowest BCUT2D eigenvalue weighted by Crippen LogP contribution is -2.29. The van der Waals surface area contributed by atoms with Crippen LogP contribution in [0.1, 0.15) is 25.0 Å². The number of carbonyl (C=O) groups excluding carboxylic acids is 1. The summed E-state index contributed by atoms with van der Waals surface area (Å²) in [6.45, 7) is 4.15. The number of rotatable bonds is 5. The first-order valence-electron chi connectivity index (χ1n) is 8.65. The Hall–Kier alpha value is -2.38. The van der Waals surface area contributed by atoms with E-state index in [-0.39, 0.29) is 16.0 Å². The summed E-state index contributed by atoms with van der Waals surface area (Å²) in [7, 11) is -3.89. The van der Waals surface area contributed by atoms with Gasteiger partial charge in [0.05, 0.1) is 9.80 Å². The summed E-state index contributed by atoms with van der Waals surface area (Å²) in [5.41, 5.74) is 1.93. The van der Waals surface area contributed by atoms with Gasteiger partial charge in [0, 0.05) is 6.54 Å². The van der Waals surface area contributed by atoms with Crippen LogP contribution in [0.2, 0.25) is 0 Å². The Morgan fingerprint density at radius 2 is 1.70 bits per heavy atom. The summed E-state index contributed by atoms with van der Waals surface area (Å²) >= 11 is 1.08. The summed E-state index contributed by atoms with van der Waals surface area (Å²) in [5, 5.41) is 0.184. The molecule has 0 radical (unpaired) electrons. The SMILES string of the molecule is CCc1ccc(S(=O)(=O)/N=C2\S/C(=C/c3ccccc3)C(=O)N2CC)cc1. The van der Waals surface area contributed by atoms with Gasteiger partial charge in [0.25, 0.3) is 15.9 Å². The molecule has 1 aliphatic rings. The topological polar surface area (TPSA) is 66.8 Å². The molecule has 0 spiro atoms. The number of carbonyl (C=O) groups is 1. The van der Waals surface area contributed by atoms with Crippen molar-refractivity contribution in [3.63, 3.8) is 0 Å². The molecule has 1 aliphatic heterocycles. The number of nitrogens with zero attached hydrogens (tertiary/aromatic N) is 2. The monoisotopic (exact) mass is 400 g/mol. The van der Waals surface area contributed by atoms with Crippen molar-refractivity contribution in [1.29, 1.82) is 0 Å². The first-order valence-corrected chi connectivity index (χ1v) is 10.9. The minimum absolute atomic E-state index is 0.122. The fourth-order valence-corrected chi connectivity index (χ4v) is 4.85. The molecule has 5 nitrogen and oxygen atoms in total. The molecule has 0 aromatic heterocycles. The number of sulfonamides is 1. The average Bonchev–Trinajstić information content (AvgIpc) is 2.96. The van der Waals surface area contributed by atoms with Crippen molar-refractivity contribution >= 4 is 38.9 Å². The highest BCUT2D eigenvalue weighted by Gasteiger charge is 2.33. The largest absolute Gasteiger partial charge is 0.286 e. The Kier molecular flexibility index (Phi) is 5.82. The summed E-state index contributed by atoms with van der Waals surface area (Å²) in [6, 6.07) is 16.1. The van der Waals surface area contributed by atoms with E-state index < -0.39 is 10.0 Å². The van der Waals surface area contributed by atoms with E-state index in [1.165, 1.54) is 4.90 Å². The van der Waals surface area contributed by atoms with Gasteiger partial charge < -0.3 is 0 Å². The Morgan fingerprint density at radius 3 is 2.30 bits per heavy atom. The zero-order valence-corrected chi connectivity index (χ0v) is 16.8. The van der Waals surface area contributed by atoms with Crippen LogP contribution in [0.15, 0.2) is 68.8 Å². The molecule has 27 heavy (non-hydrogen) atoms. The first kappa shape index (κ1) is 19.4. The molecular formula is C20H20N2O3S2. The van der Waals surface area contributed by atoms with Crippen molar-refractivity contribution in [2.24, 2.45) is 4.40 Å². The third-order valence-corrected chi connectivity index (χ3v) is 6.53. The molecule has 1 amide bonds. The van der Waals surface area contributed by atoms with Crippen LogP contribution in [0.5, 0.6) is 0 Å². The van der Waals surface area contributed by atoms with Gasteiger partial charge in [-0.05, 0) is 54.4 Å². The van der Waals surface area contributed by atoms with E-state index in [9.17, 15) is 13.2 Å². The molecule has 0 atom stereocenters. The van der Waals surface area contributed by atoms with E-state index in [0.717, 1.165) is 29.3 Å². The van der Waals surface area contributed by atoms with Crippen molar-refractivity contribution in [1.82, 2.24) is 4.90 Å². The fourth-order valence-electron chi connectivity index (χ4n) is 2.61. The third-order valence-electron chi connectivity index (χ3n) is 4.13. The number of amidine groups is 1. The van der Waals surface area contributed by atoms with Crippen molar-refractivity contribution < 1.29 is 13.2 Å². The molecular weight excluding hydrogens is 380 g/mol. The molecule has 140 valence electrons. The Balaban J connectivity index is 1.94. The van der Waals surface area contributed by atoms with Crippen LogP contribution in [-0.2, 0) is 21.2 Å². The normalized spacial score (nSPS) is 17.9. The van der Waals surface area contributed by atoms with Gasteiger partial charge in [-0.25, -0.2) is 0 Å². The first-order chi connectivity index (χ1) is 12.9. The van der Waals surface area contributed by atoms with E-state index in [1.807, 2.05) is 37.3 Å². The maximum Gasteiger partial charge on any atom is 0.284 e. The Labute approximate surface area is 163 Å². The molecule has 2 aromatic rings. The van der Waals surface area contributed by atoms with Crippen LogP contribution >= 0.6 is 11.8 Å². The minimum Gasteiger partial charge on any atom is -0.286 e. The molecule has 3 rings (SSSR count). The van der Waals surface area contributed by atoms with Gasteiger partial charge in [0.2, 0.25) is 0 Å². The lowest BCUT2D eigenvalue weighted by Gasteiger charge is -2.12. The van der Waals surface area contributed by atoms with Gasteiger partial charge in [-0.15, -0.1) is 4.40 Å². The van der Waals surface area contributed by atoms with E-state index in [0.29, 0.717) is 11.4 Å². The number of amides is 1. The van der Waals surface area contributed by atoms with E-state index in [2.05, 4.69) is 4.40 Å². The predicted octanol–water partition coefficient (Wildman–Crippen LogP) is 3.93. The predicted molar refractivity (Wildman–Crippen MR) is 110 cm³/mol. The van der Waals surface area contributed by atoms with Crippen LogP contribution < -0.4 is 0 Å². The zero-order chi connectivity index (χ0) is 19.4. The number of benzene rings is 2. The number of likely N-dealkylation sites (N-methyl/N-ethyl adjacent to an activating group) is 1. The van der Waals surface area contributed by atoms with Crippen LogP contribution in [0.3, 0.4) is 0 Å². The number of hydrogen-bond acceptors (Lipinski definition) is 4. The van der Waals surface area contributed by atoms with E-state index >= 15 is 0 Å². The van der Waals surface area contributed by atoms with Crippen molar-refractivity contribution in [2.75, 3.05) is 6.54 Å². The van der Waals surface area contributed by atoms with Crippen molar-refractivity contribution in [3.05, 3.63) is 70.6 Å². The molecule has 1 heterocycles. The number of thioether (sulfide) groups is 1. The molecule has 2 aromatic carbocycles. The fraction of sp³-hybridized carbons (Fsp3) is 0.200. The number of aryl methyl sites for hydroxylation is 1. The second-order valence-corrected chi connectivity index (χ2v) is 8.53. The lowest BCUT2D eigenvalue weighted by molar-refractivity contribution is -0.122. The highest BCUT2D eigenvalue weighted by atomic mass is 32.2. The summed E-state index contributed by atoms with van der Waals surface area (Å²) in [4.78, 5) is 14.6. The van der Waals surface area contributed by atoms with Gasteiger partial charge in [-0.3, -0.25) is 9.69 Å². The maximum absolute atomic E-state index is 12.7. The number of hydrogen-bond donors (Lipinski definition) is 0. The molecule has 0 aliphatic carbocycles. The standard InChI is InChI=1S/C20H20N2O3S2/c1-3-15-10-12-17(13-11-15)27(24,25)21-20-22(4-2)19(23)18(26-20)14-16-8-6-5-7-9-16/h5-14H,3-4H2,1-2H3/b18-14+,21-20-. The molecule has 0 unspecified atom stereocenters. The van der Waals surface area contributed by atoms with Crippen LogP contribution in [0.25, 0.3) is 6.08 Å². The van der Waals surface area contributed by atoms with Crippen LogP contribution in [0.4, 0.5) is 0 Å². The summed E-state index contributed by atoms with van der Waals surface area (Å²) in [6.07, 6.45) is 2.58. The summed E-state index contributed by atoms with van der Waals surface area (Å²) < 4.78 is 29.3. The Bertz CT molecular complexity index is 995. The van der Waals surface area contributed by atoms with Gasteiger partial charge in [-0.2, -0.15) is 8.42 Å². The lowest BCUT2D eigenvalue weighted by atomic mass is 10.2. The molecule has 0 N–H and O–H groups in total. The van der Waals surface area contributed by atoms with Crippen molar-refractivity contribution in [2.45, 2.75) is 25.2 Å². The quantitative estimate of drug-likeness (QED) is 0.713. The smallest absolute Gasteiger partial charge is 0.284 e. The Morgan fingerprint density at radius 1 is 1.04 bits per heavy atom. The van der Waals surface area contributed by atoms with Gasteiger partial charge in [0.15, 0.2) is 5.17 Å². The van der Waals surface area contributed by atoms with Gasteiger partial charge >= 0.3 is 0 Å². The second-order valence-electron chi connectivity index (χ2n) is 5.92. The summed E-state index contributed by atoms with van der Waals surface area (Å²) in [5.74, 6) is -0.235. The second kappa shape index (κ2) is 8.10. The molecule has 0 saturated carbocycles.